The Morgan fingerprint density at radius 2 is 1.59 bits per heavy atom. The normalized spacial score (nSPS) is 20.8. The molecule has 4 rings (SSSR count). The van der Waals surface area contributed by atoms with Gasteiger partial charge in [-0.05, 0) is 36.1 Å². The maximum Gasteiger partial charge on any atom is 0.259 e. The van der Waals surface area contributed by atoms with Gasteiger partial charge in [-0.3, -0.25) is 39.9 Å². The molecule has 4 atom stereocenters. The van der Waals surface area contributed by atoms with Gasteiger partial charge < -0.3 is 33.2 Å². The number of nitrogens with two attached hydrogens (primary N) is 4. The second-order valence-corrected chi connectivity index (χ2v) is 11.1. The zero-order chi connectivity index (χ0) is 33.2. The van der Waals surface area contributed by atoms with Crippen molar-refractivity contribution >= 4 is 35.5 Å². The first-order valence-electron chi connectivity index (χ1n) is 14.8. The van der Waals surface area contributed by atoms with E-state index < -0.39 is 47.5 Å². The average molecular weight is 638 g/mol. The minimum absolute atomic E-state index is 0.0109. The van der Waals surface area contributed by atoms with Crippen LogP contribution in [0.4, 0.5) is 4.39 Å². The Bertz CT molecular complexity index is 1450. The topological polar surface area (TPSA) is 240 Å². The molecule has 2 aromatic rings. The molecule has 0 saturated carbocycles. The molecule has 11 N–H and O–H groups in total. The molecule has 46 heavy (non-hydrogen) atoms. The van der Waals surface area contributed by atoms with Crippen molar-refractivity contribution in [1.29, 1.82) is 0 Å². The van der Waals surface area contributed by atoms with E-state index in [1.807, 2.05) is 30.3 Å². The quantitative estimate of drug-likeness (QED) is 0.0704. The largest absolute Gasteiger partial charge is 0.370 e. The van der Waals surface area contributed by atoms with Gasteiger partial charge in [0.15, 0.2) is 11.9 Å². The molecule has 0 unspecified atom stereocenters. The highest BCUT2D eigenvalue weighted by atomic mass is 19.1. The summed E-state index contributed by atoms with van der Waals surface area (Å²) >= 11 is 0. The highest BCUT2D eigenvalue weighted by molar-refractivity contribution is 5.95. The molecule has 2 saturated heterocycles. The molecule has 2 aromatic carbocycles. The Hall–Kier alpha value is -5.25. The van der Waals surface area contributed by atoms with Gasteiger partial charge >= 0.3 is 0 Å². The predicted molar refractivity (Wildman–Crippen MR) is 168 cm³/mol. The third-order valence-corrected chi connectivity index (χ3v) is 7.86. The van der Waals surface area contributed by atoms with Gasteiger partial charge in [0, 0.05) is 26.1 Å². The zero-order valence-corrected chi connectivity index (χ0v) is 25.3. The standard InChI is InChI=1S/C30H40FN11O4/c31-20-8-6-19(7-9-20)16-41-23(15-24(43)36-12-13-38-30(34)35)25(21(27(41)45)10-11-37-29(32)33)26(44)40-42-17-39-22(28(42)46)14-18-4-2-1-3-5-18/h1-9,21-23,25,39H,10-17H2,(H,36,43)(H,40,44)(H4,32,33,37)(H4,34,35,38)/t21-,22+,23-,25+/m1/s1. The van der Waals surface area contributed by atoms with Gasteiger partial charge in [-0.15, -0.1) is 0 Å². The van der Waals surface area contributed by atoms with E-state index in [1.165, 1.54) is 34.2 Å². The van der Waals surface area contributed by atoms with Crippen molar-refractivity contribution in [1.82, 2.24) is 26.0 Å². The van der Waals surface area contributed by atoms with Gasteiger partial charge in [-0.25, -0.2) is 9.40 Å². The van der Waals surface area contributed by atoms with Gasteiger partial charge in [0.05, 0.1) is 37.1 Å². The number of hydrogen-bond donors (Lipinski definition) is 7. The van der Waals surface area contributed by atoms with E-state index in [9.17, 15) is 23.6 Å². The monoisotopic (exact) mass is 637 g/mol. The van der Waals surface area contributed by atoms with Gasteiger partial charge in [0.25, 0.3) is 5.91 Å². The maximum absolute atomic E-state index is 14.0. The summed E-state index contributed by atoms with van der Waals surface area (Å²) in [5.41, 5.74) is 25.9. The Morgan fingerprint density at radius 1 is 0.913 bits per heavy atom. The van der Waals surface area contributed by atoms with E-state index in [2.05, 4.69) is 26.0 Å². The third kappa shape index (κ3) is 8.90. The van der Waals surface area contributed by atoms with E-state index in [4.69, 9.17) is 22.9 Å². The number of carbonyl (C=O) groups excluding carboxylic acids is 4. The van der Waals surface area contributed by atoms with Gasteiger partial charge in [0.2, 0.25) is 17.7 Å². The van der Waals surface area contributed by atoms with Crippen molar-refractivity contribution in [2.24, 2.45) is 44.8 Å². The molecule has 4 amide bonds. The molecule has 15 nitrogen and oxygen atoms in total. The number of guanidine groups is 2. The lowest BCUT2D eigenvalue weighted by molar-refractivity contribution is -0.142. The number of nitrogens with one attached hydrogen (secondary N) is 3. The van der Waals surface area contributed by atoms with Crippen LogP contribution in [0.2, 0.25) is 0 Å². The molecule has 0 aromatic heterocycles. The van der Waals surface area contributed by atoms with Crippen molar-refractivity contribution < 1.29 is 23.6 Å². The van der Waals surface area contributed by atoms with E-state index in [1.54, 1.807) is 0 Å². The SMILES string of the molecule is NC(N)=NCCNC(=O)C[C@@H]1[C@@H](C(=O)NN2CN[C@@H](Cc3ccccc3)C2=O)[C@@H](CCN=C(N)N)C(=O)N1Cc1ccc(F)cc1. The van der Waals surface area contributed by atoms with Crippen LogP contribution in [0.25, 0.3) is 0 Å². The Labute approximate surface area is 265 Å². The van der Waals surface area contributed by atoms with Crippen LogP contribution in [0.15, 0.2) is 64.6 Å². The maximum atomic E-state index is 14.0. The molecule has 0 bridgehead atoms. The molecular formula is C30H40FN11O4. The van der Waals surface area contributed by atoms with Crippen molar-refractivity contribution in [3.05, 3.63) is 71.5 Å². The van der Waals surface area contributed by atoms with E-state index in [-0.39, 0.29) is 63.5 Å². The van der Waals surface area contributed by atoms with E-state index in [0.29, 0.717) is 12.0 Å². The fraction of sp³-hybridized carbons (Fsp3) is 0.400. The van der Waals surface area contributed by atoms with Crippen LogP contribution in [0, 0.1) is 17.7 Å². The van der Waals surface area contributed by atoms with Crippen molar-refractivity contribution in [3.8, 4) is 0 Å². The van der Waals surface area contributed by atoms with Gasteiger partial charge in [0.1, 0.15) is 5.82 Å². The van der Waals surface area contributed by atoms with Crippen molar-refractivity contribution in [2.45, 2.75) is 37.9 Å². The summed E-state index contributed by atoms with van der Waals surface area (Å²) in [6.45, 7) is 0.370. The van der Waals surface area contributed by atoms with Crippen LogP contribution in [-0.4, -0.2) is 83.8 Å². The summed E-state index contributed by atoms with van der Waals surface area (Å²) in [5.74, 6) is -4.54. The first kappa shape index (κ1) is 33.6. The Kier molecular flexibility index (Phi) is 11.4. The third-order valence-electron chi connectivity index (χ3n) is 7.86. The summed E-state index contributed by atoms with van der Waals surface area (Å²) in [6.07, 6.45) is 0.276. The fourth-order valence-corrected chi connectivity index (χ4v) is 5.71. The van der Waals surface area contributed by atoms with Crippen LogP contribution in [-0.2, 0) is 32.1 Å². The minimum Gasteiger partial charge on any atom is -0.370 e. The number of hydrazine groups is 1. The van der Waals surface area contributed by atoms with Crippen LogP contribution in [0.1, 0.15) is 24.0 Å². The first-order chi connectivity index (χ1) is 22.0. The van der Waals surface area contributed by atoms with Gasteiger partial charge in [-0.1, -0.05) is 42.5 Å². The van der Waals surface area contributed by atoms with Crippen molar-refractivity contribution in [2.75, 3.05) is 26.3 Å². The van der Waals surface area contributed by atoms with Crippen LogP contribution < -0.4 is 39.0 Å². The van der Waals surface area contributed by atoms with Gasteiger partial charge in [-0.2, -0.15) is 0 Å². The first-order valence-corrected chi connectivity index (χ1v) is 14.8. The highest BCUT2D eigenvalue weighted by Crippen LogP contribution is 2.37. The number of likely N-dealkylation sites (tertiary alicyclic amines) is 1. The fourth-order valence-electron chi connectivity index (χ4n) is 5.71. The Balaban J connectivity index is 1.58. The molecule has 246 valence electrons. The van der Waals surface area contributed by atoms with Crippen LogP contribution in [0.3, 0.4) is 0 Å². The number of aliphatic imine (C=N–C) groups is 2. The number of nitrogens with zero attached hydrogens (tertiary/aromatic N) is 4. The molecule has 2 aliphatic rings. The summed E-state index contributed by atoms with van der Waals surface area (Å²) in [5, 5.41) is 7.00. The molecule has 16 heteroatoms. The second kappa shape index (κ2) is 15.7. The van der Waals surface area contributed by atoms with E-state index >= 15 is 0 Å². The molecule has 0 aliphatic carbocycles. The molecule has 0 radical (unpaired) electrons. The van der Waals surface area contributed by atoms with Crippen LogP contribution >= 0.6 is 0 Å². The Morgan fingerprint density at radius 3 is 2.26 bits per heavy atom. The van der Waals surface area contributed by atoms with Crippen LogP contribution in [0.5, 0.6) is 0 Å². The summed E-state index contributed by atoms with van der Waals surface area (Å²) in [6, 6.07) is 13.5. The zero-order valence-electron chi connectivity index (χ0n) is 25.3. The lowest BCUT2D eigenvalue weighted by Crippen LogP contribution is -2.51. The second-order valence-electron chi connectivity index (χ2n) is 11.1. The molecular weight excluding hydrogens is 597 g/mol. The highest BCUT2D eigenvalue weighted by Gasteiger charge is 2.52. The number of hydrogen-bond acceptors (Lipinski definition) is 7. The summed E-state index contributed by atoms with van der Waals surface area (Å²) in [7, 11) is 0. The predicted octanol–water partition coefficient (Wildman–Crippen LogP) is -1.76. The number of rotatable bonds is 14. The molecule has 2 heterocycles. The number of amides is 4. The summed E-state index contributed by atoms with van der Waals surface area (Å²) < 4.78 is 13.7. The lowest BCUT2D eigenvalue weighted by Gasteiger charge is -2.29. The number of halogens is 1. The van der Waals surface area contributed by atoms with Crippen molar-refractivity contribution in [3.63, 3.8) is 0 Å². The number of carbonyl (C=O) groups is 4. The summed E-state index contributed by atoms with van der Waals surface area (Å²) in [4.78, 5) is 63.6. The number of benzene rings is 2. The lowest BCUT2D eigenvalue weighted by atomic mass is 9.85. The molecule has 2 aliphatic heterocycles. The average Bonchev–Trinajstić information content (AvgIpc) is 3.47. The molecule has 0 spiro atoms. The minimum atomic E-state index is -1.06. The smallest absolute Gasteiger partial charge is 0.259 e. The molecule has 2 fully saturated rings. The van der Waals surface area contributed by atoms with E-state index in [0.717, 1.165) is 5.56 Å².